The van der Waals surface area contributed by atoms with E-state index in [1.54, 1.807) is 6.20 Å². The van der Waals surface area contributed by atoms with Crippen molar-refractivity contribution in [3.63, 3.8) is 0 Å². The number of piperazine rings is 1. The highest BCUT2D eigenvalue weighted by Gasteiger charge is 2.47. The average Bonchev–Trinajstić information content (AvgIpc) is 2.83. The van der Waals surface area contributed by atoms with Gasteiger partial charge in [0.2, 0.25) is 5.91 Å². The van der Waals surface area contributed by atoms with E-state index in [0.29, 0.717) is 19.6 Å². The number of carbonyl (C=O) groups is 1. The molecule has 2 aromatic rings. The van der Waals surface area contributed by atoms with Crippen LogP contribution in [-0.2, 0) is 16.1 Å². The number of carbonyl (C=O) groups excluding carboxylic acids is 1. The first-order chi connectivity index (χ1) is 15.9. The number of pyridine rings is 1. The first kappa shape index (κ1) is 23.9. The average molecular weight is 451 g/mol. The van der Waals surface area contributed by atoms with E-state index in [1.807, 2.05) is 30.0 Å². The lowest BCUT2D eigenvalue weighted by atomic mass is 9.78. The van der Waals surface area contributed by atoms with Crippen LogP contribution < -0.4 is 4.90 Å². The number of anilines is 1. The minimum absolute atomic E-state index is 0.122. The fourth-order valence-electron chi connectivity index (χ4n) is 5.47. The van der Waals surface area contributed by atoms with Gasteiger partial charge in [-0.2, -0.15) is 0 Å². The molecular formula is C27H38N4O2. The monoisotopic (exact) mass is 450 g/mol. The molecule has 0 radical (unpaired) electrons. The van der Waals surface area contributed by atoms with Gasteiger partial charge in [-0.1, -0.05) is 43.3 Å². The molecule has 3 heterocycles. The van der Waals surface area contributed by atoms with Crippen molar-refractivity contribution in [2.75, 3.05) is 44.2 Å². The molecule has 1 aromatic heterocycles. The van der Waals surface area contributed by atoms with Crippen LogP contribution in [-0.4, -0.2) is 71.2 Å². The molecule has 33 heavy (non-hydrogen) atoms. The summed E-state index contributed by atoms with van der Waals surface area (Å²) >= 11 is 0. The second-order valence-corrected chi connectivity index (χ2v) is 10.0. The van der Waals surface area contributed by atoms with Crippen molar-refractivity contribution in [1.29, 1.82) is 0 Å². The van der Waals surface area contributed by atoms with Crippen molar-refractivity contribution < 1.29 is 9.53 Å². The number of benzene rings is 1. The topological polar surface area (TPSA) is 48.9 Å². The van der Waals surface area contributed by atoms with E-state index in [9.17, 15) is 4.79 Å². The molecule has 2 saturated heterocycles. The van der Waals surface area contributed by atoms with Gasteiger partial charge in [-0.3, -0.25) is 19.5 Å². The Kier molecular flexibility index (Phi) is 7.47. The van der Waals surface area contributed by atoms with Crippen molar-refractivity contribution >= 4 is 11.7 Å². The van der Waals surface area contributed by atoms with Gasteiger partial charge in [0.1, 0.15) is 5.82 Å². The molecule has 4 rings (SSSR count). The maximum atomic E-state index is 13.1. The number of nitrogens with zero attached hydrogens (tertiary/aromatic N) is 4. The third kappa shape index (κ3) is 5.81. The summed E-state index contributed by atoms with van der Waals surface area (Å²) in [6.07, 6.45) is 4.07. The quantitative estimate of drug-likeness (QED) is 0.639. The standard InChI is InChI=1S/C27H38N4O2/c1-4-25(32)31(24-12-8-9-14-28-24)22-27(13-19-33-26(2,3)21-27)30-17-15-29(16-18-30)20-23-10-6-5-7-11-23/h5-12,14H,4,13,15-22H2,1-3H3/t27-/m1/s1. The summed E-state index contributed by atoms with van der Waals surface area (Å²) in [5.41, 5.74) is 1.02. The normalized spacial score (nSPS) is 23.8. The highest BCUT2D eigenvalue weighted by atomic mass is 16.5. The molecule has 1 atom stereocenters. The van der Waals surface area contributed by atoms with Crippen molar-refractivity contribution in [1.82, 2.24) is 14.8 Å². The Morgan fingerprint density at radius 3 is 2.42 bits per heavy atom. The summed E-state index contributed by atoms with van der Waals surface area (Å²) < 4.78 is 6.13. The number of rotatable bonds is 7. The van der Waals surface area contributed by atoms with Crippen molar-refractivity contribution in [2.45, 2.75) is 57.7 Å². The van der Waals surface area contributed by atoms with E-state index in [4.69, 9.17) is 4.74 Å². The zero-order chi connectivity index (χ0) is 23.3. The van der Waals surface area contributed by atoms with Crippen LogP contribution in [0.2, 0.25) is 0 Å². The molecule has 1 amide bonds. The van der Waals surface area contributed by atoms with Gasteiger partial charge >= 0.3 is 0 Å². The van der Waals surface area contributed by atoms with E-state index in [2.05, 4.69) is 59.0 Å². The fraction of sp³-hybridized carbons (Fsp3) is 0.556. The molecule has 0 spiro atoms. The van der Waals surface area contributed by atoms with Crippen LogP contribution in [0.1, 0.15) is 45.6 Å². The van der Waals surface area contributed by atoms with E-state index in [0.717, 1.165) is 51.4 Å². The van der Waals surface area contributed by atoms with Crippen LogP contribution in [0.25, 0.3) is 0 Å². The maximum absolute atomic E-state index is 13.1. The minimum Gasteiger partial charge on any atom is -0.375 e. The van der Waals surface area contributed by atoms with Crippen LogP contribution in [0.5, 0.6) is 0 Å². The maximum Gasteiger partial charge on any atom is 0.227 e. The third-order valence-electron chi connectivity index (χ3n) is 7.09. The lowest BCUT2D eigenvalue weighted by Crippen LogP contribution is -2.65. The van der Waals surface area contributed by atoms with Crippen molar-refractivity contribution in [3.8, 4) is 0 Å². The van der Waals surface area contributed by atoms with Crippen LogP contribution >= 0.6 is 0 Å². The molecule has 6 heteroatoms. The molecule has 178 valence electrons. The first-order valence-electron chi connectivity index (χ1n) is 12.3. The lowest BCUT2D eigenvalue weighted by molar-refractivity contribution is -0.130. The Hall–Kier alpha value is -2.28. The van der Waals surface area contributed by atoms with Crippen LogP contribution in [0.15, 0.2) is 54.7 Å². The summed E-state index contributed by atoms with van der Waals surface area (Å²) in [6.45, 7) is 12.7. The van der Waals surface area contributed by atoms with E-state index in [-0.39, 0.29) is 17.0 Å². The first-order valence-corrected chi connectivity index (χ1v) is 12.3. The van der Waals surface area contributed by atoms with Crippen molar-refractivity contribution in [3.05, 3.63) is 60.3 Å². The SMILES string of the molecule is CCC(=O)N(C[C@@]1(N2CCN(Cc3ccccc3)CC2)CCOC(C)(C)C1)c1ccccn1. The molecule has 1 aromatic carbocycles. The molecule has 2 aliphatic heterocycles. The smallest absolute Gasteiger partial charge is 0.227 e. The summed E-state index contributed by atoms with van der Waals surface area (Å²) in [7, 11) is 0. The molecule has 0 N–H and O–H groups in total. The molecule has 2 fully saturated rings. The summed E-state index contributed by atoms with van der Waals surface area (Å²) in [5.74, 6) is 0.871. The van der Waals surface area contributed by atoms with E-state index in [1.165, 1.54) is 5.56 Å². The summed E-state index contributed by atoms with van der Waals surface area (Å²) in [5, 5.41) is 0. The predicted octanol–water partition coefficient (Wildman–Crippen LogP) is 3.97. The van der Waals surface area contributed by atoms with Gasteiger partial charge in [0.05, 0.1) is 5.60 Å². The number of ether oxygens (including phenoxy) is 1. The van der Waals surface area contributed by atoms with Crippen LogP contribution in [0.3, 0.4) is 0 Å². The number of hydrogen-bond acceptors (Lipinski definition) is 5. The van der Waals surface area contributed by atoms with Crippen LogP contribution in [0.4, 0.5) is 5.82 Å². The molecule has 0 aliphatic carbocycles. The third-order valence-corrected chi connectivity index (χ3v) is 7.09. The van der Waals surface area contributed by atoms with Gasteiger partial charge in [0, 0.05) is 64.0 Å². The lowest BCUT2D eigenvalue weighted by Gasteiger charge is -2.54. The van der Waals surface area contributed by atoms with Gasteiger partial charge in [-0.25, -0.2) is 4.98 Å². The van der Waals surface area contributed by atoms with E-state index < -0.39 is 0 Å². The van der Waals surface area contributed by atoms with Gasteiger partial charge in [-0.15, -0.1) is 0 Å². The van der Waals surface area contributed by atoms with Crippen molar-refractivity contribution in [2.24, 2.45) is 0 Å². The minimum atomic E-state index is -0.218. The molecule has 0 saturated carbocycles. The van der Waals surface area contributed by atoms with Gasteiger partial charge in [0.15, 0.2) is 0 Å². The largest absolute Gasteiger partial charge is 0.375 e. The predicted molar refractivity (Wildman–Crippen MR) is 132 cm³/mol. The molecule has 2 aliphatic rings. The number of amides is 1. The molecule has 0 unspecified atom stereocenters. The molecular weight excluding hydrogens is 412 g/mol. The fourth-order valence-corrected chi connectivity index (χ4v) is 5.47. The Bertz CT molecular complexity index is 897. The second-order valence-electron chi connectivity index (χ2n) is 10.0. The van der Waals surface area contributed by atoms with Crippen LogP contribution in [0, 0.1) is 0 Å². The highest BCUT2D eigenvalue weighted by Crippen LogP contribution is 2.38. The zero-order valence-electron chi connectivity index (χ0n) is 20.4. The van der Waals surface area contributed by atoms with Gasteiger partial charge < -0.3 is 4.74 Å². The van der Waals surface area contributed by atoms with Gasteiger partial charge in [-0.05, 0) is 44.4 Å². The summed E-state index contributed by atoms with van der Waals surface area (Å²) in [4.78, 5) is 24.7. The zero-order valence-corrected chi connectivity index (χ0v) is 20.4. The Balaban J connectivity index is 1.54. The highest BCUT2D eigenvalue weighted by molar-refractivity contribution is 5.92. The van der Waals surface area contributed by atoms with Gasteiger partial charge in [0.25, 0.3) is 0 Å². The molecule has 0 bridgehead atoms. The number of hydrogen-bond donors (Lipinski definition) is 0. The Labute approximate surface area is 198 Å². The Morgan fingerprint density at radius 2 is 1.79 bits per heavy atom. The van der Waals surface area contributed by atoms with E-state index >= 15 is 0 Å². The second kappa shape index (κ2) is 10.3. The summed E-state index contributed by atoms with van der Waals surface area (Å²) in [6, 6.07) is 16.5. The molecule has 6 nitrogen and oxygen atoms in total. The Morgan fingerprint density at radius 1 is 1.06 bits per heavy atom. The number of aromatic nitrogens is 1.